The van der Waals surface area contributed by atoms with Crippen molar-refractivity contribution in [1.82, 2.24) is 9.80 Å². The minimum absolute atomic E-state index is 0.952. The first-order valence-electron chi connectivity index (χ1n) is 7.20. The average Bonchev–Trinajstić information content (AvgIpc) is 2.96. The molecule has 2 aromatic rings. The lowest BCUT2D eigenvalue weighted by Crippen LogP contribution is -2.21. The quantitative estimate of drug-likeness (QED) is 0.791. The molecule has 1 aliphatic heterocycles. The smallest absolute Gasteiger partial charge is 0.0898 e. The SMILES string of the molecule is Cc1cc(C2=C(c3cc(C)sc3C)N(C)CN2C)c(C)s1. The van der Waals surface area contributed by atoms with Crippen molar-refractivity contribution in [3.05, 3.63) is 42.8 Å². The summed E-state index contributed by atoms with van der Waals surface area (Å²) in [6, 6.07) is 4.67. The van der Waals surface area contributed by atoms with Gasteiger partial charge in [0.2, 0.25) is 0 Å². The molecule has 0 saturated carbocycles. The lowest BCUT2D eigenvalue weighted by molar-refractivity contribution is 0.355. The van der Waals surface area contributed by atoms with Crippen LogP contribution < -0.4 is 0 Å². The normalized spacial score (nSPS) is 15.5. The molecule has 21 heavy (non-hydrogen) atoms. The molecular weight excluding hydrogens is 296 g/mol. The molecule has 0 aliphatic carbocycles. The lowest BCUT2D eigenvalue weighted by atomic mass is 10.1. The van der Waals surface area contributed by atoms with Gasteiger partial charge in [-0.25, -0.2) is 0 Å². The molecule has 0 saturated heterocycles. The van der Waals surface area contributed by atoms with E-state index in [9.17, 15) is 0 Å². The number of thiophene rings is 2. The molecule has 0 N–H and O–H groups in total. The molecule has 3 heterocycles. The van der Waals surface area contributed by atoms with Gasteiger partial charge in [0.25, 0.3) is 0 Å². The summed E-state index contributed by atoms with van der Waals surface area (Å²) >= 11 is 3.78. The third kappa shape index (κ3) is 2.40. The van der Waals surface area contributed by atoms with Crippen molar-refractivity contribution >= 4 is 34.1 Å². The summed E-state index contributed by atoms with van der Waals surface area (Å²) in [4.78, 5) is 10.3. The van der Waals surface area contributed by atoms with Crippen LogP contribution in [0.3, 0.4) is 0 Å². The standard InChI is InChI=1S/C17H22N2S2/c1-10-7-14(12(3)20-10)16-17(19(6)9-18(16)5)15-8-11(2)21-13(15)4/h7-8H,9H2,1-6H3. The Labute approximate surface area is 135 Å². The van der Waals surface area contributed by atoms with E-state index >= 15 is 0 Å². The second kappa shape index (κ2) is 5.18. The van der Waals surface area contributed by atoms with Crippen molar-refractivity contribution in [3.63, 3.8) is 0 Å². The Kier molecular flexibility index (Phi) is 3.62. The van der Waals surface area contributed by atoms with Crippen LogP contribution in [0.1, 0.15) is 30.6 Å². The Morgan fingerprint density at radius 1 is 0.762 bits per heavy atom. The fourth-order valence-electron chi connectivity index (χ4n) is 3.22. The lowest BCUT2D eigenvalue weighted by Gasteiger charge is -2.16. The highest BCUT2D eigenvalue weighted by Crippen LogP contribution is 2.41. The Morgan fingerprint density at radius 3 is 1.43 bits per heavy atom. The maximum absolute atomic E-state index is 2.37. The molecule has 0 atom stereocenters. The molecule has 112 valence electrons. The molecular formula is C17H22N2S2. The Bertz CT molecular complexity index is 661. The second-order valence-corrected chi connectivity index (χ2v) is 8.81. The van der Waals surface area contributed by atoms with Gasteiger partial charge in [-0.05, 0) is 39.8 Å². The number of nitrogens with zero attached hydrogens (tertiary/aromatic N) is 2. The van der Waals surface area contributed by atoms with Crippen LogP contribution in [0, 0.1) is 27.7 Å². The van der Waals surface area contributed by atoms with Crippen LogP contribution >= 0.6 is 22.7 Å². The monoisotopic (exact) mass is 318 g/mol. The summed E-state index contributed by atoms with van der Waals surface area (Å²) < 4.78 is 0. The highest BCUT2D eigenvalue weighted by molar-refractivity contribution is 7.12. The maximum atomic E-state index is 2.37. The summed E-state index contributed by atoms with van der Waals surface area (Å²) in [5.41, 5.74) is 5.53. The van der Waals surface area contributed by atoms with E-state index in [4.69, 9.17) is 0 Å². The van der Waals surface area contributed by atoms with Crippen molar-refractivity contribution in [2.24, 2.45) is 0 Å². The zero-order valence-electron chi connectivity index (χ0n) is 13.6. The Hall–Kier alpha value is -1.26. The third-order valence-corrected chi connectivity index (χ3v) is 5.94. The third-order valence-electron chi connectivity index (χ3n) is 4.00. The van der Waals surface area contributed by atoms with Gasteiger partial charge in [0.1, 0.15) is 0 Å². The predicted octanol–water partition coefficient (Wildman–Crippen LogP) is 4.70. The van der Waals surface area contributed by atoms with Crippen LogP contribution in [0.5, 0.6) is 0 Å². The predicted molar refractivity (Wildman–Crippen MR) is 94.8 cm³/mol. The van der Waals surface area contributed by atoms with Crippen molar-refractivity contribution in [2.75, 3.05) is 20.8 Å². The first-order chi connectivity index (χ1) is 9.88. The van der Waals surface area contributed by atoms with E-state index in [1.54, 1.807) is 0 Å². The van der Waals surface area contributed by atoms with E-state index in [0.29, 0.717) is 0 Å². The van der Waals surface area contributed by atoms with E-state index in [0.717, 1.165) is 6.67 Å². The maximum Gasteiger partial charge on any atom is 0.0898 e. The molecule has 2 aromatic heterocycles. The molecule has 0 aromatic carbocycles. The summed E-state index contributed by atoms with van der Waals surface area (Å²) in [6.45, 7) is 9.80. The van der Waals surface area contributed by atoms with Crippen LogP contribution in [0.2, 0.25) is 0 Å². The molecule has 3 rings (SSSR count). The molecule has 0 radical (unpaired) electrons. The highest BCUT2D eigenvalue weighted by atomic mass is 32.1. The van der Waals surface area contributed by atoms with Crippen molar-refractivity contribution in [3.8, 4) is 0 Å². The van der Waals surface area contributed by atoms with Crippen molar-refractivity contribution in [1.29, 1.82) is 0 Å². The molecule has 4 heteroatoms. The van der Waals surface area contributed by atoms with Crippen LogP contribution in [-0.4, -0.2) is 30.6 Å². The largest absolute Gasteiger partial charge is 0.355 e. The van der Waals surface area contributed by atoms with Crippen LogP contribution in [0.25, 0.3) is 11.4 Å². The van der Waals surface area contributed by atoms with Gasteiger partial charge >= 0.3 is 0 Å². The van der Waals surface area contributed by atoms with E-state index in [-0.39, 0.29) is 0 Å². The van der Waals surface area contributed by atoms with Crippen LogP contribution in [0.15, 0.2) is 12.1 Å². The average molecular weight is 319 g/mol. The van der Waals surface area contributed by atoms with E-state index in [1.165, 1.54) is 42.0 Å². The van der Waals surface area contributed by atoms with Crippen LogP contribution in [-0.2, 0) is 0 Å². The van der Waals surface area contributed by atoms with Gasteiger partial charge in [0.15, 0.2) is 0 Å². The van der Waals surface area contributed by atoms with Gasteiger partial charge in [-0.15, -0.1) is 22.7 Å². The molecule has 1 aliphatic rings. The fourth-order valence-corrected chi connectivity index (χ4v) is 5.07. The van der Waals surface area contributed by atoms with Gasteiger partial charge in [-0.2, -0.15) is 0 Å². The zero-order valence-corrected chi connectivity index (χ0v) is 15.2. The van der Waals surface area contributed by atoms with Gasteiger partial charge in [-0.1, -0.05) is 0 Å². The van der Waals surface area contributed by atoms with Gasteiger partial charge in [0.05, 0.1) is 18.1 Å². The molecule has 0 amide bonds. The first-order valence-corrected chi connectivity index (χ1v) is 8.83. The minimum Gasteiger partial charge on any atom is -0.355 e. The number of aryl methyl sites for hydroxylation is 4. The second-order valence-electron chi connectivity index (χ2n) is 5.89. The molecule has 0 unspecified atom stereocenters. The van der Waals surface area contributed by atoms with Crippen LogP contribution in [0.4, 0.5) is 0 Å². The van der Waals surface area contributed by atoms with Crippen molar-refractivity contribution < 1.29 is 0 Å². The van der Waals surface area contributed by atoms with E-state index in [2.05, 4.69) is 63.7 Å². The Balaban J connectivity index is 2.25. The summed E-state index contributed by atoms with van der Waals surface area (Å²) in [5, 5.41) is 0. The number of hydrogen-bond acceptors (Lipinski definition) is 4. The number of hydrogen-bond donors (Lipinski definition) is 0. The molecule has 0 fully saturated rings. The molecule has 0 bridgehead atoms. The summed E-state index contributed by atoms with van der Waals surface area (Å²) in [7, 11) is 4.39. The van der Waals surface area contributed by atoms with E-state index in [1.807, 2.05) is 22.7 Å². The molecule has 2 nitrogen and oxygen atoms in total. The van der Waals surface area contributed by atoms with E-state index < -0.39 is 0 Å². The van der Waals surface area contributed by atoms with Gasteiger partial charge in [0, 0.05) is 44.7 Å². The first kappa shape index (κ1) is 14.7. The Morgan fingerprint density at radius 2 is 1.14 bits per heavy atom. The summed E-state index contributed by atoms with van der Waals surface area (Å²) in [6.07, 6.45) is 0. The van der Waals surface area contributed by atoms with Gasteiger partial charge < -0.3 is 9.80 Å². The topological polar surface area (TPSA) is 6.48 Å². The molecule has 0 spiro atoms. The van der Waals surface area contributed by atoms with Gasteiger partial charge in [-0.3, -0.25) is 0 Å². The minimum atomic E-state index is 0.952. The van der Waals surface area contributed by atoms with Crippen molar-refractivity contribution in [2.45, 2.75) is 27.7 Å². The highest BCUT2D eigenvalue weighted by Gasteiger charge is 2.29. The number of rotatable bonds is 2. The summed E-state index contributed by atoms with van der Waals surface area (Å²) in [5.74, 6) is 0. The zero-order chi connectivity index (χ0) is 15.3. The fraction of sp³-hybridized carbons (Fsp3) is 0.412.